The van der Waals surface area contributed by atoms with Crippen molar-refractivity contribution in [3.05, 3.63) is 0 Å². The topological polar surface area (TPSA) is 63.6 Å². The maximum atomic E-state index is 10.2. The van der Waals surface area contributed by atoms with Crippen LogP contribution in [0, 0.1) is 0 Å². The van der Waals surface area contributed by atoms with Gasteiger partial charge in [0, 0.05) is 0 Å². The zero-order valence-corrected chi connectivity index (χ0v) is 4.83. The Morgan fingerprint density at radius 2 is 2.11 bits per heavy atom. The van der Waals surface area contributed by atoms with Crippen molar-refractivity contribution in [3.63, 3.8) is 0 Å². The summed E-state index contributed by atoms with van der Waals surface area (Å²) in [6, 6.07) is 0. The molecule has 1 atom stereocenters. The van der Waals surface area contributed by atoms with E-state index in [1.54, 1.807) is 0 Å². The number of ketones is 1. The molecule has 0 aromatic heterocycles. The van der Waals surface area contributed by atoms with Gasteiger partial charge in [0.1, 0.15) is 5.78 Å². The summed E-state index contributed by atoms with van der Waals surface area (Å²) in [5.74, 6) is -3.05. The molecule has 0 fully saturated rings. The van der Waals surface area contributed by atoms with E-state index >= 15 is 0 Å². The van der Waals surface area contributed by atoms with Crippen LogP contribution in [0.2, 0.25) is 5.82 Å². The van der Waals surface area contributed by atoms with E-state index in [4.69, 9.17) is 13.1 Å². The molecule has 0 rings (SSSR count). The van der Waals surface area contributed by atoms with E-state index in [9.17, 15) is 9.59 Å². The van der Waals surface area contributed by atoms with Gasteiger partial charge in [0.05, 0.1) is 13.7 Å². The minimum atomic E-state index is -1.37. The first kappa shape index (κ1) is 8.16. The van der Waals surface area contributed by atoms with Crippen molar-refractivity contribution >= 4 is 19.6 Å². The van der Waals surface area contributed by atoms with Gasteiger partial charge in [-0.1, -0.05) is 0 Å². The van der Waals surface area contributed by atoms with Crippen LogP contribution in [0.4, 0.5) is 0 Å². The Morgan fingerprint density at radius 1 is 1.67 bits per heavy atom. The summed E-state index contributed by atoms with van der Waals surface area (Å²) in [4.78, 5) is 23.5. The van der Waals surface area contributed by atoms with Crippen molar-refractivity contribution in [2.45, 2.75) is 12.7 Å². The number of hydrogen-bond donors (Lipinski definition) is 1. The van der Waals surface area contributed by atoms with Gasteiger partial charge in [-0.3, -0.25) is 4.79 Å². The lowest BCUT2D eigenvalue weighted by atomic mass is 9.84. The molecule has 4 nitrogen and oxygen atoms in total. The summed E-state index contributed by atoms with van der Waals surface area (Å²) in [5, 5.41) is 7.67. The van der Waals surface area contributed by atoms with Crippen LogP contribution in [0.15, 0.2) is 0 Å². The van der Waals surface area contributed by atoms with Crippen LogP contribution in [-0.4, -0.2) is 24.9 Å². The Morgan fingerprint density at radius 3 is 2.22 bits per heavy atom. The molecule has 1 unspecified atom stereocenters. The number of hydrogen-bond acceptors (Lipinski definition) is 4. The molecule has 0 aromatic carbocycles. The second-order valence-corrected chi connectivity index (χ2v) is 1.50. The maximum Gasteiger partial charge on any atom is 0.343 e. The first-order valence-corrected chi connectivity index (χ1v) is 2.21. The van der Waals surface area contributed by atoms with E-state index in [1.807, 2.05) is 0 Å². The van der Waals surface area contributed by atoms with E-state index < -0.39 is 17.6 Å². The van der Waals surface area contributed by atoms with Gasteiger partial charge < -0.3 is 4.89 Å². The molecule has 0 bridgehead atoms. The first-order chi connectivity index (χ1) is 4.09. The van der Waals surface area contributed by atoms with E-state index in [1.165, 1.54) is 0 Å². The summed E-state index contributed by atoms with van der Waals surface area (Å²) in [5.41, 5.74) is 0. The standard InChI is InChI=1S/C4H5BO4/c1-2(6)3(5)4(7)9-8/h3,8H,1H3. The lowest BCUT2D eigenvalue weighted by Crippen LogP contribution is -2.17. The first-order valence-electron chi connectivity index (χ1n) is 2.21. The van der Waals surface area contributed by atoms with Crippen molar-refractivity contribution < 1.29 is 19.7 Å². The average Bonchev–Trinajstić information content (AvgIpc) is 1.84. The fourth-order valence-corrected chi connectivity index (χ4v) is 0.223. The maximum absolute atomic E-state index is 10.2. The monoisotopic (exact) mass is 128 g/mol. The Hall–Kier alpha value is -0.835. The molecule has 9 heavy (non-hydrogen) atoms. The molecule has 0 aromatic rings. The lowest BCUT2D eigenvalue weighted by molar-refractivity contribution is -0.233. The van der Waals surface area contributed by atoms with Crippen LogP contribution in [0.3, 0.4) is 0 Å². The SMILES string of the molecule is [B]C(C(C)=O)C(=O)OO. The molecular formula is C4H5BO4. The highest BCUT2D eigenvalue weighted by molar-refractivity contribution is 6.34. The largest absolute Gasteiger partial charge is 0.343 e. The predicted molar refractivity (Wildman–Crippen MR) is 28.9 cm³/mol. The van der Waals surface area contributed by atoms with Gasteiger partial charge in [0.25, 0.3) is 0 Å². The Balaban J connectivity index is 3.88. The molecule has 0 aliphatic carbocycles. The zero-order valence-electron chi connectivity index (χ0n) is 4.83. The van der Waals surface area contributed by atoms with E-state index in [0.29, 0.717) is 0 Å². The second kappa shape index (κ2) is 3.24. The normalized spacial score (nSPS) is 12.2. The number of Topliss-reactive ketones (excluding diaryl/α,β-unsaturated/α-hetero) is 1. The van der Waals surface area contributed by atoms with Gasteiger partial charge >= 0.3 is 5.97 Å². The van der Waals surface area contributed by atoms with Crippen LogP contribution in [-0.2, 0) is 14.5 Å². The Bertz CT molecular complexity index is 133. The highest BCUT2D eigenvalue weighted by Gasteiger charge is 2.17. The smallest absolute Gasteiger partial charge is 0.301 e. The second-order valence-electron chi connectivity index (χ2n) is 1.50. The van der Waals surface area contributed by atoms with Crippen LogP contribution < -0.4 is 0 Å². The summed E-state index contributed by atoms with van der Waals surface area (Å²) in [7, 11) is 4.89. The number of carbonyl (C=O) groups excluding carboxylic acids is 2. The average molecular weight is 128 g/mol. The molecule has 48 valence electrons. The minimum Gasteiger partial charge on any atom is -0.301 e. The van der Waals surface area contributed by atoms with Gasteiger partial charge in [-0.2, -0.15) is 5.26 Å². The van der Waals surface area contributed by atoms with Gasteiger partial charge in [-0.25, -0.2) is 4.79 Å². The highest BCUT2D eigenvalue weighted by atomic mass is 17.1. The Labute approximate surface area is 53.1 Å². The molecule has 1 N–H and O–H groups in total. The third kappa shape index (κ3) is 2.28. The highest BCUT2D eigenvalue weighted by Crippen LogP contribution is 2.00. The molecule has 0 saturated carbocycles. The van der Waals surface area contributed by atoms with Gasteiger partial charge in [0.2, 0.25) is 0 Å². The number of carbonyl (C=O) groups is 2. The predicted octanol–water partition coefficient (Wildman–Crippen LogP) is -0.451. The molecule has 0 saturated heterocycles. The third-order valence-corrected chi connectivity index (χ3v) is 0.782. The fraction of sp³-hybridized carbons (Fsp3) is 0.500. The summed E-state index contributed by atoms with van der Waals surface area (Å²) in [6.45, 7) is 1.13. The van der Waals surface area contributed by atoms with Crippen molar-refractivity contribution in [1.29, 1.82) is 0 Å². The van der Waals surface area contributed by atoms with Gasteiger partial charge in [-0.05, 0) is 6.92 Å². The molecule has 0 spiro atoms. The van der Waals surface area contributed by atoms with E-state index in [-0.39, 0.29) is 0 Å². The molecule has 5 heteroatoms. The number of rotatable bonds is 2. The molecule has 0 aliphatic heterocycles. The summed E-state index contributed by atoms with van der Waals surface area (Å²) >= 11 is 0. The van der Waals surface area contributed by atoms with Crippen molar-refractivity contribution in [1.82, 2.24) is 0 Å². The van der Waals surface area contributed by atoms with Gasteiger partial charge in [-0.15, -0.1) is 0 Å². The fourth-order valence-electron chi connectivity index (χ4n) is 0.223. The molecule has 0 amide bonds. The van der Waals surface area contributed by atoms with Crippen molar-refractivity contribution in [3.8, 4) is 0 Å². The van der Waals surface area contributed by atoms with Crippen LogP contribution in [0.1, 0.15) is 6.92 Å². The van der Waals surface area contributed by atoms with Crippen LogP contribution in [0.25, 0.3) is 0 Å². The van der Waals surface area contributed by atoms with Crippen LogP contribution in [0.5, 0.6) is 0 Å². The molecule has 2 radical (unpaired) electrons. The zero-order chi connectivity index (χ0) is 7.44. The van der Waals surface area contributed by atoms with Crippen LogP contribution >= 0.6 is 0 Å². The van der Waals surface area contributed by atoms with Gasteiger partial charge in [0.15, 0.2) is 0 Å². The summed E-state index contributed by atoms with van der Waals surface area (Å²) < 4.78 is 0. The van der Waals surface area contributed by atoms with E-state index in [0.717, 1.165) is 6.92 Å². The van der Waals surface area contributed by atoms with E-state index in [2.05, 4.69) is 4.89 Å². The van der Waals surface area contributed by atoms with Crippen molar-refractivity contribution in [2.24, 2.45) is 0 Å². The Kier molecular flexibility index (Phi) is 2.94. The minimum absolute atomic E-state index is 0.547. The molecule has 0 aliphatic rings. The third-order valence-electron chi connectivity index (χ3n) is 0.782. The van der Waals surface area contributed by atoms with Crippen molar-refractivity contribution in [2.75, 3.05) is 0 Å². The molecular weight excluding hydrogens is 123 g/mol. The summed E-state index contributed by atoms with van der Waals surface area (Å²) in [6.07, 6.45) is 0. The molecule has 0 heterocycles. The quantitative estimate of drug-likeness (QED) is 0.236. The lowest BCUT2D eigenvalue weighted by Gasteiger charge is -2.00.